The van der Waals surface area contributed by atoms with Gasteiger partial charge in [-0.25, -0.2) is 4.98 Å². The van der Waals surface area contributed by atoms with Gasteiger partial charge in [0, 0.05) is 11.6 Å². The van der Waals surface area contributed by atoms with E-state index in [1.807, 2.05) is 36.7 Å². The summed E-state index contributed by atoms with van der Waals surface area (Å²) < 4.78 is 7.40. The Hall–Kier alpha value is -1.95. The van der Waals surface area contributed by atoms with Gasteiger partial charge in [0.1, 0.15) is 6.61 Å². The first-order valence-corrected chi connectivity index (χ1v) is 6.04. The van der Waals surface area contributed by atoms with Crippen molar-refractivity contribution in [3.05, 3.63) is 40.5 Å². The molecule has 86 valence electrons. The first kappa shape index (κ1) is 10.2. The Bertz CT molecular complexity index is 646. The van der Waals surface area contributed by atoms with Crippen molar-refractivity contribution in [1.82, 2.24) is 19.6 Å². The van der Waals surface area contributed by atoms with E-state index in [1.165, 1.54) is 0 Å². The topological polar surface area (TPSA) is 52.3 Å². The number of rotatable bonds is 3. The summed E-state index contributed by atoms with van der Waals surface area (Å²) in [6.07, 6.45) is 1.87. The summed E-state index contributed by atoms with van der Waals surface area (Å²) in [6, 6.07) is 6.20. The number of pyridine rings is 1. The van der Waals surface area contributed by atoms with Gasteiger partial charge < -0.3 is 4.74 Å². The first-order chi connectivity index (χ1) is 8.33. The van der Waals surface area contributed by atoms with Crippen molar-refractivity contribution < 1.29 is 4.74 Å². The van der Waals surface area contributed by atoms with Crippen LogP contribution in [0.3, 0.4) is 0 Å². The molecule has 0 saturated carbocycles. The lowest BCUT2D eigenvalue weighted by atomic mass is 10.5. The van der Waals surface area contributed by atoms with Crippen LogP contribution in [0.5, 0.6) is 6.01 Å². The van der Waals surface area contributed by atoms with Crippen LogP contribution in [0.4, 0.5) is 0 Å². The standard InChI is InChI=1S/C11H10N4OS/c1-8-12-9(7-17-8)6-16-11-14-13-10-4-2-3-5-15(10)11/h2-5,7H,6H2,1H3. The highest BCUT2D eigenvalue weighted by molar-refractivity contribution is 7.09. The molecule has 0 saturated heterocycles. The van der Waals surface area contributed by atoms with Gasteiger partial charge in [0.05, 0.1) is 10.7 Å². The number of fused-ring (bicyclic) bond motifs is 1. The van der Waals surface area contributed by atoms with Crippen LogP contribution in [-0.4, -0.2) is 19.6 Å². The summed E-state index contributed by atoms with van der Waals surface area (Å²) >= 11 is 1.61. The highest BCUT2D eigenvalue weighted by atomic mass is 32.1. The average molecular weight is 246 g/mol. The molecule has 3 rings (SSSR count). The molecule has 0 aliphatic rings. The van der Waals surface area contributed by atoms with Crippen molar-refractivity contribution in [1.29, 1.82) is 0 Å². The number of thiazole rings is 1. The summed E-state index contributed by atoms with van der Waals surface area (Å²) in [6.45, 7) is 2.39. The molecule has 0 bridgehead atoms. The number of hydrogen-bond acceptors (Lipinski definition) is 5. The van der Waals surface area contributed by atoms with Gasteiger partial charge >= 0.3 is 6.01 Å². The Morgan fingerprint density at radius 1 is 1.35 bits per heavy atom. The highest BCUT2D eigenvalue weighted by Crippen LogP contribution is 2.13. The molecule has 0 N–H and O–H groups in total. The Balaban J connectivity index is 1.81. The number of ether oxygens (including phenoxy) is 1. The van der Waals surface area contributed by atoms with Crippen molar-refractivity contribution in [2.24, 2.45) is 0 Å². The number of hydrogen-bond donors (Lipinski definition) is 0. The van der Waals surface area contributed by atoms with Crippen LogP contribution >= 0.6 is 11.3 Å². The van der Waals surface area contributed by atoms with Crippen molar-refractivity contribution >= 4 is 17.0 Å². The molecule has 0 atom stereocenters. The van der Waals surface area contributed by atoms with Crippen LogP contribution in [0.1, 0.15) is 10.7 Å². The fourth-order valence-electron chi connectivity index (χ4n) is 1.53. The molecule has 0 spiro atoms. The number of nitrogens with zero attached hydrogens (tertiary/aromatic N) is 4. The molecule has 0 amide bonds. The minimum atomic E-state index is 0.417. The van der Waals surface area contributed by atoms with Gasteiger partial charge in [0.2, 0.25) is 0 Å². The molecular weight excluding hydrogens is 236 g/mol. The number of aryl methyl sites for hydroxylation is 1. The van der Waals surface area contributed by atoms with Gasteiger partial charge in [-0.3, -0.25) is 4.40 Å². The van der Waals surface area contributed by atoms with Crippen LogP contribution in [0.25, 0.3) is 5.65 Å². The lowest BCUT2D eigenvalue weighted by molar-refractivity contribution is 0.274. The van der Waals surface area contributed by atoms with E-state index in [0.717, 1.165) is 16.3 Å². The molecule has 0 unspecified atom stereocenters. The van der Waals surface area contributed by atoms with E-state index in [4.69, 9.17) is 4.74 Å². The average Bonchev–Trinajstić information content (AvgIpc) is 2.93. The molecule has 0 radical (unpaired) electrons. The van der Waals surface area contributed by atoms with Crippen molar-refractivity contribution in [3.63, 3.8) is 0 Å². The van der Waals surface area contributed by atoms with E-state index in [1.54, 1.807) is 15.7 Å². The molecule has 3 heterocycles. The van der Waals surface area contributed by atoms with Crippen LogP contribution in [0, 0.1) is 6.92 Å². The van der Waals surface area contributed by atoms with Crippen LogP contribution in [-0.2, 0) is 6.61 Å². The largest absolute Gasteiger partial charge is 0.457 e. The molecule has 0 aromatic carbocycles. The zero-order chi connectivity index (χ0) is 11.7. The van der Waals surface area contributed by atoms with Crippen molar-refractivity contribution in [3.8, 4) is 6.01 Å². The summed E-state index contributed by atoms with van der Waals surface area (Å²) in [5.74, 6) is 0. The predicted molar refractivity (Wildman–Crippen MR) is 64.2 cm³/mol. The molecule has 17 heavy (non-hydrogen) atoms. The van der Waals surface area contributed by atoms with Crippen LogP contribution in [0.2, 0.25) is 0 Å². The van der Waals surface area contributed by atoms with E-state index < -0.39 is 0 Å². The molecule has 0 fully saturated rings. The van der Waals surface area contributed by atoms with E-state index in [-0.39, 0.29) is 0 Å². The fourth-order valence-corrected chi connectivity index (χ4v) is 2.13. The summed E-state index contributed by atoms with van der Waals surface area (Å²) in [5.41, 5.74) is 1.69. The number of aromatic nitrogens is 4. The third kappa shape index (κ3) is 1.99. The highest BCUT2D eigenvalue weighted by Gasteiger charge is 2.06. The Morgan fingerprint density at radius 3 is 3.12 bits per heavy atom. The van der Waals surface area contributed by atoms with Crippen LogP contribution < -0.4 is 4.74 Å². The van der Waals surface area contributed by atoms with Crippen molar-refractivity contribution in [2.45, 2.75) is 13.5 Å². The maximum atomic E-state index is 5.59. The molecule has 0 aliphatic heterocycles. The maximum absolute atomic E-state index is 5.59. The quantitative estimate of drug-likeness (QED) is 0.710. The molecular formula is C11H10N4OS. The minimum Gasteiger partial charge on any atom is -0.457 e. The second kappa shape index (κ2) is 4.14. The summed E-state index contributed by atoms with van der Waals surface area (Å²) in [5, 5.41) is 11.0. The Morgan fingerprint density at radius 2 is 2.29 bits per heavy atom. The van der Waals surface area contributed by atoms with E-state index in [0.29, 0.717) is 12.6 Å². The van der Waals surface area contributed by atoms with Gasteiger partial charge in [-0.05, 0) is 19.1 Å². The summed E-state index contributed by atoms with van der Waals surface area (Å²) in [4.78, 5) is 4.33. The first-order valence-electron chi connectivity index (χ1n) is 5.16. The molecule has 3 aromatic rings. The minimum absolute atomic E-state index is 0.417. The SMILES string of the molecule is Cc1nc(COc2nnc3ccccn23)cs1. The molecule has 6 heteroatoms. The Labute approximate surface area is 102 Å². The zero-order valence-corrected chi connectivity index (χ0v) is 10.0. The molecule has 5 nitrogen and oxygen atoms in total. The lowest BCUT2D eigenvalue weighted by Crippen LogP contribution is -1.99. The van der Waals surface area contributed by atoms with Gasteiger partial charge in [0.25, 0.3) is 0 Å². The third-order valence-electron chi connectivity index (χ3n) is 2.30. The third-order valence-corrected chi connectivity index (χ3v) is 3.12. The summed E-state index contributed by atoms with van der Waals surface area (Å²) in [7, 11) is 0. The maximum Gasteiger partial charge on any atom is 0.321 e. The van der Waals surface area contributed by atoms with Gasteiger partial charge in [-0.15, -0.1) is 16.4 Å². The second-order valence-electron chi connectivity index (χ2n) is 3.56. The monoisotopic (exact) mass is 246 g/mol. The van der Waals surface area contributed by atoms with E-state index in [2.05, 4.69) is 15.2 Å². The zero-order valence-electron chi connectivity index (χ0n) is 9.20. The lowest BCUT2D eigenvalue weighted by Gasteiger charge is -2.00. The molecule has 0 aliphatic carbocycles. The van der Waals surface area contributed by atoms with Crippen LogP contribution in [0.15, 0.2) is 29.8 Å². The van der Waals surface area contributed by atoms with Crippen molar-refractivity contribution in [2.75, 3.05) is 0 Å². The smallest absolute Gasteiger partial charge is 0.321 e. The van der Waals surface area contributed by atoms with E-state index >= 15 is 0 Å². The Kier molecular flexibility index (Phi) is 2.49. The van der Waals surface area contributed by atoms with Gasteiger partial charge in [-0.1, -0.05) is 11.2 Å². The van der Waals surface area contributed by atoms with E-state index in [9.17, 15) is 0 Å². The van der Waals surface area contributed by atoms with Gasteiger partial charge in [0.15, 0.2) is 5.65 Å². The predicted octanol–water partition coefficient (Wildman–Crippen LogP) is 2.07. The normalized spacial score (nSPS) is 10.9. The van der Waals surface area contributed by atoms with Gasteiger partial charge in [-0.2, -0.15) is 0 Å². The fraction of sp³-hybridized carbons (Fsp3) is 0.182. The molecule has 3 aromatic heterocycles. The second-order valence-corrected chi connectivity index (χ2v) is 4.62.